The van der Waals surface area contributed by atoms with E-state index in [1.165, 1.54) is 34.8 Å². The second-order valence-corrected chi connectivity index (χ2v) is 6.74. The van der Waals surface area contributed by atoms with E-state index < -0.39 is 12.3 Å². The predicted octanol–water partition coefficient (Wildman–Crippen LogP) is 3.98. The van der Waals surface area contributed by atoms with E-state index in [0.29, 0.717) is 23.7 Å². The van der Waals surface area contributed by atoms with Crippen LogP contribution in [0.5, 0.6) is 5.75 Å². The molecule has 0 radical (unpaired) electrons. The number of aromatic nitrogens is 2. The van der Waals surface area contributed by atoms with Gasteiger partial charge in [0.2, 0.25) is 0 Å². The van der Waals surface area contributed by atoms with Gasteiger partial charge in [-0.1, -0.05) is 43.3 Å². The standard InChI is InChI=1S/C21H20F3N3O3/c1-3-12-27-19(28)16-10-6-5-9-15(16)18(25-27)20(29)26(2)13-14-8-4-7-11-17(14)30-21(22,23)24/h4-11H,3,12-13H2,1-2H3. The molecule has 0 aliphatic heterocycles. The van der Waals surface area contributed by atoms with E-state index in [0.717, 1.165) is 0 Å². The number of alkyl halides is 3. The molecule has 3 rings (SSSR count). The van der Waals surface area contributed by atoms with Crippen molar-refractivity contribution in [3.05, 3.63) is 70.1 Å². The monoisotopic (exact) mass is 419 g/mol. The lowest BCUT2D eigenvalue weighted by Crippen LogP contribution is -2.32. The number of halogens is 3. The molecular weight excluding hydrogens is 399 g/mol. The van der Waals surface area contributed by atoms with Gasteiger partial charge in [-0.05, 0) is 18.6 Å². The molecule has 0 saturated heterocycles. The fourth-order valence-electron chi connectivity index (χ4n) is 3.12. The first-order valence-electron chi connectivity index (χ1n) is 9.30. The molecule has 30 heavy (non-hydrogen) atoms. The van der Waals surface area contributed by atoms with Crippen LogP contribution in [0.25, 0.3) is 10.8 Å². The minimum atomic E-state index is -4.84. The number of hydrogen-bond donors (Lipinski definition) is 0. The van der Waals surface area contributed by atoms with Crippen molar-refractivity contribution in [3.63, 3.8) is 0 Å². The highest BCUT2D eigenvalue weighted by Gasteiger charge is 2.32. The molecule has 0 saturated carbocycles. The normalized spacial score (nSPS) is 11.5. The number of hydrogen-bond acceptors (Lipinski definition) is 4. The number of nitrogens with zero attached hydrogens (tertiary/aromatic N) is 3. The highest BCUT2D eigenvalue weighted by Crippen LogP contribution is 2.27. The Kier molecular flexibility index (Phi) is 6.09. The molecule has 0 aliphatic rings. The van der Waals surface area contributed by atoms with Crippen LogP contribution in [0, 0.1) is 0 Å². The van der Waals surface area contributed by atoms with E-state index in [1.54, 1.807) is 30.3 Å². The number of rotatable bonds is 6. The van der Waals surface area contributed by atoms with E-state index in [-0.39, 0.29) is 29.1 Å². The van der Waals surface area contributed by atoms with Gasteiger partial charge in [-0.3, -0.25) is 9.59 Å². The van der Waals surface area contributed by atoms with Crippen LogP contribution in [-0.4, -0.2) is 34.0 Å². The van der Waals surface area contributed by atoms with Crippen molar-refractivity contribution >= 4 is 16.7 Å². The summed E-state index contributed by atoms with van der Waals surface area (Å²) < 4.78 is 43.3. The maximum absolute atomic E-state index is 13.1. The number of amides is 1. The Bertz CT molecular complexity index is 1130. The summed E-state index contributed by atoms with van der Waals surface area (Å²) in [6, 6.07) is 12.3. The van der Waals surface area contributed by atoms with Gasteiger partial charge in [0, 0.05) is 31.1 Å². The molecule has 0 aliphatic carbocycles. The van der Waals surface area contributed by atoms with Crippen molar-refractivity contribution in [3.8, 4) is 5.75 Å². The summed E-state index contributed by atoms with van der Waals surface area (Å²) in [4.78, 5) is 26.9. The van der Waals surface area contributed by atoms with Crippen molar-refractivity contribution in [2.24, 2.45) is 0 Å². The molecule has 158 valence electrons. The first-order chi connectivity index (χ1) is 14.2. The fraction of sp³-hybridized carbons (Fsp3) is 0.286. The van der Waals surface area contributed by atoms with Crippen LogP contribution in [0.15, 0.2) is 53.3 Å². The van der Waals surface area contributed by atoms with Crippen LogP contribution >= 0.6 is 0 Å². The van der Waals surface area contributed by atoms with Crippen molar-refractivity contribution in [1.82, 2.24) is 14.7 Å². The highest BCUT2D eigenvalue weighted by molar-refractivity contribution is 6.04. The summed E-state index contributed by atoms with van der Waals surface area (Å²) in [6.45, 7) is 2.10. The Labute approximate surface area is 170 Å². The van der Waals surface area contributed by atoms with Gasteiger partial charge in [-0.2, -0.15) is 5.10 Å². The second-order valence-electron chi connectivity index (χ2n) is 6.74. The van der Waals surface area contributed by atoms with Gasteiger partial charge in [-0.25, -0.2) is 4.68 Å². The smallest absolute Gasteiger partial charge is 0.405 e. The number of carbonyl (C=O) groups is 1. The Hall–Kier alpha value is -3.36. The SMILES string of the molecule is CCCn1nc(C(=O)N(C)Cc2ccccc2OC(F)(F)F)c2ccccc2c1=O. The highest BCUT2D eigenvalue weighted by atomic mass is 19.4. The summed E-state index contributed by atoms with van der Waals surface area (Å²) in [6.07, 6.45) is -4.19. The summed E-state index contributed by atoms with van der Waals surface area (Å²) in [5.41, 5.74) is -0.0391. The first kappa shape index (κ1) is 21.4. The van der Waals surface area contributed by atoms with E-state index in [4.69, 9.17) is 0 Å². The molecule has 9 heteroatoms. The number of ether oxygens (including phenoxy) is 1. The van der Waals surface area contributed by atoms with Gasteiger partial charge in [0.05, 0.1) is 5.39 Å². The van der Waals surface area contributed by atoms with Gasteiger partial charge < -0.3 is 9.64 Å². The zero-order valence-electron chi connectivity index (χ0n) is 16.4. The van der Waals surface area contributed by atoms with Crippen molar-refractivity contribution in [1.29, 1.82) is 0 Å². The largest absolute Gasteiger partial charge is 0.573 e. The second kappa shape index (κ2) is 8.56. The molecule has 1 heterocycles. The molecular formula is C21H20F3N3O3. The van der Waals surface area contributed by atoms with Crippen LogP contribution in [0.3, 0.4) is 0 Å². The molecule has 6 nitrogen and oxygen atoms in total. The predicted molar refractivity (Wildman–Crippen MR) is 105 cm³/mol. The molecule has 0 fully saturated rings. The van der Waals surface area contributed by atoms with Gasteiger partial charge in [0.1, 0.15) is 5.75 Å². The lowest BCUT2D eigenvalue weighted by atomic mass is 10.1. The molecule has 1 amide bonds. The van der Waals surface area contributed by atoms with Gasteiger partial charge in [0.25, 0.3) is 11.5 Å². The van der Waals surface area contributed by atoms with Gasteiger partial charge >= 0.3 is 6.36 Å². The van der Waals surface area contributed by atoms with E-state index >= 15 is 0 Å². The average molecular weight is 419 g/mol. The summed E-state index contributed by atoms with van der Waals surface area (Å²) in [5.74, 6) is -0.892. The third-order valence-corrected chi connectivity index (χ3v) is 4.46. The fourth-order valence-corrected chi connectivity index (χ4v) is 3.12. The van der Waals surface area contributed by atoms with Gasteiger partial charge in [-0.15, -0.1) is 13.2 Å². The van der Waals surface area contributed by atoms with E-state index in [2.05, 4.69) is 9.84 Å². The molecule has 0 spiro atoms. The minimum Gasteiger partial charge on any atom is -0.405 e. The lowest BCUT2D eigenvalue weighted by molar-refractivity contribution is -0.275. The first-order valence-corrected chi connectivity index (χ1v) is 9.30. The number of para-hydroxylation sites is 1. The molecule has 2 aromatic carbocycles. The Morgan fingerprint density at radius 2 is 1.73 bits per heavy atom. The lowest BCUT2D eigenvalue weighted by Gasteiger charge is -2.20. The van der Waals surface area contributed by atoms with Gasteiger partial charge in [0.15, 0.2) is 5.69 Å². The van der Waals surface area contributed by atoms with Crippen LogP contribution in [0.1, 0.15) is 29.4 Å². The summed E-state index contributed by atoms with van der Waals surface area (Å²) >= 11 is 0. The van der Waals surface area contributed by atoms with Crippen LogP contribution in [0.2, 0.25) is 0 Å². The Morgan fingerprint density at radius 3 is 2.40 bits per heavy atom. The molecule has 0 N–H and O–H groups in total. The number of fused-ring (bicyclic) bond motifs is 1. The molecule has 0 atom stereocenters. The number of aryl methyl sites for hydroxylation is 1. The minimum absolute atomic E-state index is 0.0652. The third kappa shape index (κ3) is 4.61. The molecule has 1 aromatic heterocycles. The van der Waals surface area contributed by atoms with Crippen LogP contribution < -0.4 is 10.3 Å². The number of benzene rings is 2. The summed E-state index contributed by atoms with van der Waals surface area (Å²) in [7, 11) is 1.46. The van der Waals surface area contributed by atoms with Crippen molar-refractivity contribution < 1.29 is 22.7 Å². The summed E-state index contributed by atoms with van der Waals surface area (Å²) in [5, 5.41) is 4.99. The molecule has 0 unspecified atom stereocenters. The maximum Gasteiger partial charge on any atom is 0.573 e. The quantitative estimate of drug-likeness (QED) is 0.606. The zero-order chi connectivity index (χ0) is 21.9. The van der Waals surface area contributed by atoms with Crippen molar-refractivity contribution in [2.45, 2.75) is 32.8 Å². The third-order valence-electron chi connectivity index (χ3n) is 4.46. The molecule has 3 aromatic rings. The Balaban J connectivity index is 1.97. The van der Waals surface area contributed by atoms with Crippen LogP contribution in [-0.2, 0) is 13.1 Å². The Morgan fingerprint density at radius 1 is 1.10 bits per heavy atom. The van der Waals surface area contributed by atoms with E-state index in [1.807, 2.05) is 6.92 Å². The average Bonchev–Trinajstić information content (AvgIpc) is 2.70. The van der Waals surface area contributed by atoms with Crippen molar-refractivity contribution in [2.75, 3.05) is 7.05 Å². The maximum atomic E-state index is 13.1. The number of carbonyl (C=O) groups excluding carboxylic acids is 1. The topological polar surface area (TPSA) is 64.4 Å². The zero-order valence-corrected chi connectivity index (χ0v) is 16.4. The molecule has 0 bridgehead atoms. The van der Waals surface area contributed by atoms with E-state index in [9.17, 15) is 22.8 Å². The van der Waals surface area contributed by atoms with Crippen LogP contribution in [0.4, 0.5) is 13.2 Å².